The third-order valence-electron chi connectivity index (χ3n) is 5.07. The molecule has 0 aromatic heterocycles. The lowest BCUT2D eigenvalue weighted by Crippen LogP contribution is -2.48. The van der Waals surface area contributed by atoms with E-state index in [4.69, 9.17) is 11.6 Å². The standard InChI is InChI=1S/C20H30ClN3O2/c1-4-17-8-6-7-11-24(17)20(26)14-23(5-2)13-19(25)22-18-12-16(21)10-9-15(18)3/h9-10,12,17H,4-8,11,13-14H2,1-3H3,(H,22,25)/t17-/m1/s1. The van der Waals surface area contributed by atoms with E-state index in [1.54, 1.807) is 12.1 Å². The SMILES string of the molecule is CC[C@@H]1CCCCN1C(=O)CN(CC)CC(=O)Nc1cc(Cl)ccc1C. The number of halogens is 1. The first-order valence-corrected chi connectivity index (χ1v) is 9.90. The summed E-state index contributed by atoms with van der Waals surface area (Å²) in [5.74, 6) is 0.000776. The number of nitrogens with one attached hydrogen (secondary N) is 1. The number of aryl methyl sites for hydroxylation is 1. The normalized spacial score (nSPS) is 17.4. The highest BCUT2D eigenvalue weighted by atomic mass is 35.5. The van der Waals surface area contributed by atoms with Gasteiger partial charge in [0, 0.05) is 23.3 Å². The zero-order valence-corrected chi connectivity index (χ0v) is 16.8. The fourth-order valence-corrected chi connectivity index (χ4v) is 3.61. The number of nitrogens with zero attached hydrogens (tertiary/aromatic N) is 2. The van der Waals surface area contributed by atoms with Crippen molar-refractivity contribution >= 4 is 29.1 Å². The molecule has 0 bridgehead atoms. The number of piperidine rings is 1. The molecule has 1 aliphatic rings. The first kappa shape index (κ1) is 20.7. The third-order valence-corrected chi connectivity index (χ3v) is 5.30. The average Bonchev–Trinajstić information content (AvgIpc) is 2.63. The van der Waals surface area contributed by atoms with Crippen LogP contribution in [-0.4, -0.2) is 53.8 Å². The number of likely N-dealkylation sites (tertiary alicyclic amines) is 1. The number of carbonyl (C=O) groups excluding carboxylic acids is 2. The molecule has 2 amide bonds. The molecule has 144 valence electrons. The quantitative estimate of drug-likeness (QED) is 0.785. The van der Waals surface area contributed by atoms with Gasteiger partial charge in [-0.15, -0.1) is 0 Å². The van der Waals surface area contributed by atoms with Gasteiger partial charge in [0.2, 0.25) is 11.8 Å². The molecule has 1 fully saturated rings. The molecule has 0 radical (unpaired) electrons. The number of anilines is 1. The number of benzene rings is 1. The highest BCUT2D eigenvalue weighted by Gasteiger charge is 2.26. The molecule has 1 N–H and O–H groups in total. The first-order valence-electron chi connectivity index (χ1n) is 9.52. The second-order valence-corrected chi connectivity index (χ2v) is 7.39. The van der Waals surface area contributed by atoms with Gasteiger partial charge in [-0.2, -0.15) is 0 Å². The number of rotatable bonds is 7. The molecule has 0 saturated carbocycles. The number of carbonyl (C=O) groups is 2. The monoisotopic (exact) mass is 379 g/mol. The van der Waals surface area contributed by atoms with Gasteiger partial charge in [-0.3, -0.25) is 14.5 Å². The number of hydrogen-bond acceptors (Lipinski definition) is 3. The number of likely N-dealkylation sites (N-methyl/N-ethyl adjacent to an activating group) is 1. The van der Waals surface area contributed by atoms with E-state index in [2.05, 4.69) is 12.2 Å². The van der Waals surface area contributed by atoms with Crippen LogP contribution in [0.1, 0.15) is 45.1 Å². The van der Waals surface area contributed by atoms with E-state index in [0.29, 0.717) is 23.3 Å². The summed E-state index contributed by atoms with van der Waals surface area (Å²) in [6.45, 7) is 8.00. The lowest BCUT2D eigenvalue weighted by atomic mass is 10.00. The van der Waals surface area contributed by atoms with Gasteiger partial charge < -0.3 is 10.2 Å². The summed E-state index contributed by atoms with van der Waals surface area (Å²) in [7, 11) is 0. The van der Waals surface area contributed by atoms with Crippen LogP contribution in [0.2, 0.25) is 5.02 Å². The van der Waals surface area contributed by atoms with Crippen molar-refractivity contribution < 1.29 is 9.59 Å². The summed E-state index contributed by atoms with van der Waals surface area (Å²) in [5.41, 5.74) is 1.67. The Bertz CT molecular complexity index is 635. The molecule has 1 saturated heterocycles. The van der Waals surface area contributed by atoms with Gasteiger partial charge in [0.1, 0.15) is 0 Å². The van der Waals surface area contributed by atoms with Crippen molar-refractivity contribution in [2.45, 2.75) is 52.5 Å². The predicted molar refractivity (Wildman–Crippen MR) is 107 cm³/mol. The van der Waals surface area contributed by atoms with E-state index in [0.717, 1.165) is 31.4 Å². The second-order valence-electron chi connectivity index (χ2n) is 6.96. The van der Waals surface area contributed by atoms with Crippen LogP contribution in [0, 0.1) is 6.92 Å². The number of amides is 2. The summed E-state index contributed by atoms with van der Waals surface area (Å²) in [4.78, 5) is 29.0. The summed E-state index contributed by atoms with van der Waals surface area (Å²) in [5, 5.41) is 3.49. The van der Waals surface area contributed by atoms with Crippen molar-refractivity contribution in [2.24, 2.45) is 0 Å². The lowest BCUT2D eigenvalue weighted by Gasteiger charge is -2.36. The van der Waals surface area contributed by atoms with Crippen molar-refractivity contribution in [1.82, 2.24) is 9.80 Å². The van der Waals surface area contributed by atoms with Crippen LogP contribution in [0.3, 0.4) is 0 Å². The van der Waals surface area contributed by atoms with Gasteiger partial charge in [-0.1, -0.05) is 31.5 Å². The molecule has 1 aliphatic heterocycles. The molecule has 5 nitrogen and oxygen atoms in total. The predicted octanol–water partition coefficient (Wildman–Crippen LogP) is 3.70. The lowest BCUT2D eigenvalue weighted by molar-refractivity contribution is -0.136. The molecule has 0 unspecified atom stereocenters. The average molecular weight is 380 g/mol. The maximum Gasteiger partial charge on any atom is 0.238 e. The minimum Gasteiger partial charge on any atom is -0.339 e. The van der Waals surface area contributed by atoms with Crippen LogP contribution in [0.4, 0.5) is 5.69 Å². The zero-order valence-electron chi connectivity index (χ0n) is 16.1. The molecule has 1 heterocycles. The van der Waals surface area contributed by atoms with Crippen LogP contribution in [0.15, 0.2) is 18.2 Å². The minimum absolute atomic E-state index is 0.129. The smallest absolute Gasteiger partial charge is 0.238 e. The summed E-state index contributed by atoms with van der Waals surface area (Å²) < 4.78 is 0. The molecule has 0 aliphatic carbocycles. The molecular weight excluding hydrogens is 350 g/mol. The Morgan fingerprint density at radius 3 is 2.73 bits per heavy atom. The fraction of sp³-hybridized carbons (Fsp3) is 0.600. The molecular formula is C20H30ClN3O2. The topological polar surface area (TPSA) is 52.7 Å². The molecule has 26 heavy (non-hydrogen) atoms. The third kappa shape index (κ3) is 5.71. The van der Waals surface area contributed by atoms with Gasteiger partial charge in [0.15, 0.2) is 0 Å². The van der Waals surface area contributed by atoms with Gasteiger partial charge in [0.25, 0.3) is 0 Å². The largest absolute Gasteiger partial charge is 0.339 e. The molecule has 1 atom stereocenters. The van der Waals surface area contributed by atoms with Gasteiger partial charge in [-0.25, -0.2) is 0 Å². The Morgan fingerprint density at radius 1 is 1.27 bits per heavy atom. The molecule has 1 aromatic carbocycles. The van der Waals surface area contributed by atoms with Crippen molar-refractivity contribution in [1.29, 1.82) is 0 Å². The first-order chi connectivity index (χ1) is 12.4. The van der Waals surface area contributed by atoms with Gasteiger partial charge in [0.05, 0.1) is 13.1 Å². The maximum atomic E-state index is 12.7. The Balaban J connectivity index is 1.92. The summed E-state index contributed by atoms with van der Waals surface area (Å²) in [6, 6.07) is 5.76. The fourth-order valence-electron chi connectivity index (χ4n) is 3.44. The molecule has 0 spiro atoms. The zero-order chi connectivity index (χ0) is 19.1. The number of hydrogen-bond donors (Lipinski definition) is 1. The highest BCUT2D eigenvalue weighted by Crippen LogP contribution is 2.21. The Hall–Kier alpha value is -1.59. The molecule has 6 heteroatoms. The van der Waals surface area contributed by atoms with Gasteiger partial charge >= 0.3 is 0 Å². The van der Waals surface area contributed by atoms with Gasteiger partial charge in [-0.05, 0) is 56.8 Å². The van der Waals surface area contributed by atoms with Crippen LogP contribution in [0.25, 0.3) is 0 Å². The highest BCUT2D eigenvalue weighted by molar-refractivity contribution is 6.31. The van der Waals surface area contributed by atoms with Crippen LogP contribution in [0.5, 0.6) is 0 Å². The second kappa shape index (κ2) is 9.93. The Labute approximate surface area is 161 Å². The van der Waals surface area contributed by atoms with Crippen LogP contribution < -0.4 is 5.32 Å². The van der Waals surface area contributed by atoms with E-state index >= 15 is 0 Å². The van der Waals surface area contributed by atoms with Crippen LogP contribution in [-0.2, 0) is 9.59 Å². The van der Waals surface area contributed by atoms with E-state index in [1.165, 1.54) is 6.42 Å². The van der Waals surface area contributed by atoms with Crippen molar-refractivity contribution in [3.05, 3.63) is 28.8 Å². The van der Waals surface area contributed by atoms with E-state index in [-0.39, 0.29) is 24.9 Å². The Morgan fingerprint density at radius 2 is 2.04 bits per heavy atom. The van der Waals surface area contributed by atoms with Crippen molar-refractivity contribution in [3.63, 3.8) is 0 Å². The van der Waals surface area contributed by atoms with Crippen molar-refractivity contribution in [3.8, 4) is 0 Å². The van der Waals surface area contributed by atoms with E-state index in [9.17, 15) is 9.59 Å². The van der Waals surface area contributed by atoms with E-state index < -0.39 is 0 Å². The van der Waals surface area contributed by atoms with E-state index in [1.807, 2.05) is 29.7 Å². The minimum atomic E-state index is -0.129. The summed E-state index contributed by atoms with van der Waals surface area (Å²) >= 11 is 6.00. The van der Waals surface area contributed by atoms with Crippen LogP contribution >= 0.6 is 11.6 Å². The summed E-state index contributed by atoms with van der Waals surface area (Å²) in [6.07, 6.45) is 4.35. The molecule has 2 rings (SSSR count). The van der Waals surface area contributed by atoms with Crippen molar-refractivity contribution in [2.75, 3.05) is 31.5 Å². The maximum absolute atomic E-state index is 12.7. The molecule has 1 aromatic rings. The Kier molecular flexibility index (Phi) is 7.91.